The lowest BCUT2D eigenvalue weighted by Gasteiger charge is -2.23. The van der Waals surface area contributed by atoms with Gasteiger partial charge in [0.1, 0.15) is 0 Å². The molecular weight excluding hydrogens is 214 g/mol. The molecule has 0 unspecified atom stereocenters. The first-order valence-corrected chi connectivity index (χ1v) is 5.92. The second kappa shape index (κ2) is 6.13. The molecule has 0 spiro atoms. The fourth-order valence-corrected chi connectivity index (χ4v) is 1.65. The van der Waals surface area contributed by atoms with Crippen molar-refractivity contribution in [1.29, 1.82) is 0 Å². The molecule has 0 bridgehead atoms. The number of nitrogens with two attached hydrogens (primary N) is 1. The maximum atomic E-state index is 11.7. The summed E-state index contributed by atoms with van der Waals surface area (Å²) >= 11 is 0. The minimum absolute atomic E-state index is 0.0317. The number of hydrogen-bond donors (Lipinski definition) is 2. The minimum Gasteiger partial charge on any atom is -0.399 e. The lowest BCUT2D eigenvalue weighted by Crippen LogP contribution is -2.40. The maximum absolute atomic E-state index is 11.7. The predicted octanol–water partition coefficient (Wildman–Crippen LogP) is 1.62. The van der Waals surface area contributed by atoms with Gasteiger partial charge in [-0.2, -0.15) is 0 Å². The summed E-state index contributed by atoms with van der Waals surface area (Å²) in [6.45, 7) is 7.06. The summed E-state index contributed by atoms with van der Waals surface area (Å²) < 4.78 is 0. The van der Waals surface area contributed by atoms with Crippen LogP contribution in [-0.2, 0) is 4.79 Å². The van der Waals surface area contributed by atoms with Crippen LogP contribution in [0.2, 0.25) is 0 Å². The van der Waals surface area contributed by atoms with Crippen LogP contribution in [0.5, 0.6) is 0 Å². The van der Waals surface area contributed by atoms with Crippen LogP contribution in [0.4, 0.5) is 11.4 Å². The molecule has 4 nitrogen and oxygen atoms in total. The maximum Gasteiger partial charge on any atom is 0.239 e. The van der Waals surface area contributed by atoms with Gasteiger partial charge in [0.05, 0.1) is 6.54 Å². The highest BCUT2D eigenvalue weighted by atomic mass is 16.2. The van der Waals surface area contributed by atoms with Crippen LogP contribution in [0.3, 0.4) is 0 Å². The zero-order chi connectivity index (χ0) is 12.8. The van der Waals surface area contributed by atoms with E-state index in [0.29, 0.717) is 12.2 Å². The molecule has 0 saturated carbocycles. The highest BCUT2D eigenvalue weighted by molar-refractivity contribution is 5.81. The Morgan fingerprint density at radius 2 is 2.18 bits per heavy atom. The molecule has 0 aliphatic carbocycles. The summed E-state index contributed by atoms with van der Waals surface area (Å²) in [5, 5.41) is 2.88. The average Bonchev–Trinajstić information content (AvgIpc) is 2.24. The Morgan fingerprint density at radius 1 is 1.47 bits per heavy atom. The molecule has 0 atom stereocenters. The van der Waals surface area contributed by atoms with E-state index in [-0.39, 0.29) is 11.9 Å². The molecule has 1 aromatic rings. The first-order chi connectivity index (χ1) is 8.02. The Kier molecular flexibility index (Phi) is 4.82. The van der Waals surface area contributed by atoms with Crippen molar-refractivity contribution in [3.8, 4) is 0 Å². The summed E-state index contributed by atoms with van der Waals surface area (Å²) in [6.07, 6.45) is 0. The van der Waals surface area contributed by atoms with Gasteiger partial charge in [-0.1, -0.05) is 6.07 Å². The average molecular weight is 235 g/mol. The predicted molar refractivity (Wildman–Crippen MR) is 72.0 cm³/mol. The summed E-state index contributed by atoms with van der Waals surface area (Å²) in [4.78, 5) is 13.7. The number of anilines is 2. The van der Waals surface area contributed by atoms with E-state index in [1.165, 1.54) is 0 Å². The highest BCUT2D eigenvalue weighted by Gasteiger charge is 2.10. The Bertz CT molecular complexity index is 377. The summed E-state index contributed by atoms with van der Waals surface area (Å²) in [7, 11) is 0. The monoisotopic (exact) mass is 235 g/mol. The van der Waals surface area contributed by atoms with Crippen molar-refractivity contribution in [2.45, 2.75) is 26.8 Å². The van der Waals surface area contributed by atoms with Gasteiger partial charge < -0.3 is 16.0 Å². The van der Waals surface area contributed by atoms with Crippen molar-refractivity contribution in [2.24, 2.45) is 0 Å². The molecule has 0 aliphatic rings. The fourth-order valence-electron chi connectivity index (χ4n) is 1.65. The third-order valence-electron chi connectivity index (χ3n) is 2.40. The molecule has 0 saturated heterocycles. The number of nitrogens with one attached hydrogen (secondary N) is 1. The number of likely N-dealkylation sites (N-methyl/N-ethyl adjacent to an activating group) is 1. The molecule has 0 aliphatic heterocycles. The third kappa shape index (κ3) is 4.34. The number of nitrogen functional groups attached to an aromatic ring is 1. The molecule has 1 amide bonds. The second-order valence-corrected chi connectivity index (χ2v) is 4.33. The van der Waals surface area contributed by atoms with Crippen molar-refractivity contribution < 1.29 is 4.79 Å². The fraction of sp³-hybridized carbons (Fsp3) is 0.462. The molecule has 4 heteroatoms. The Hall–Kier alpha value is -1.71. The van der Waals surface area contributed by atoms with E-state index < -0.39 is 0 Å². The third-order valence-corrected chi connectivity index (χ3v) is 2.40. The van der Waals surface area contributed by atoms with Crippen LogP contribution >= 0.6 is 0 Å². The smallest absolute Gasteiger partial charge is 0.239 e. The standard InChI is InChI=1S/C13H21N3O/c1-4-16(9-13(17)15-10(2)3)12-7-5-6-11(14)8-12/h5-8,10H,4,9,14H2,1-3H3,(H,15,17). The van der Waals surface area contributed by atoms with Gasteiger partial charge in [-0.05, 0) is 39.0 Å². The Labute approximate surface area is 103 Å². The van der Waals surface area contributed by atoms with Gasteiger partial charge in [0.15, 0.2) is 0 Å². The first-order valence-electron chi connectivity index (χ1n) is 5.92. The summed E-state index contributed by atoms with van der Waals surface area (Å²) in [5.41, 5.74) is 7.43. The first kappa shape index (κ1) is 13.4. The molecule has 0 aromatic heterocycles. The van der Waals surface area contributed by atoms with Crippen LogP contribution in [0, 0.1) is 0 Å². The molecule has 1 rings (SSSR count). The van der Waals surface area contributed by atoms with Gasteiger partial charge >= 0.3 is 0 Å². The number of amides is 1. The molecule has 94 valence electrons. The zero-order valence-electron chi connectivity index (χ0n) is 10.7. The van der Waals surface area contributed by atoms with Gasteiger partial charge in [0, 0.05) is 24.0 Å². The lowest BCUT2D eigenvalue weighted by atomic mass is 10.2. The van der Waals surface area contributed by atoms with E-state index in [1.807, 2.05) is 49.9 Å². The number of carbonyl (C=O) groups excluding carboxylic acids is 1. The van der Waals surface area contributed by atoms with Crippen molar-refractivity contribution in [1.82, 2.24) is 5.32 Å². The molecule has 0 radical (unpaired) electrons. The second-order valence-electron chi connectivity index (χ2n) is 4.33. The van der Waals surface area contributed by atoms with Crippen molar-refractivity contribution in [2.75, 3.05) is 23.7 Å². The van der Waals surface area contributed by atoms with Crippen molar-refractivity contribution in [3.05, 3.63) is 24.3 Å². The van der Waals surface area contributed by atoms with Crippen LogP contribution in [0.15, 0.2) is 24.3 Å². The van der Waals surface area contributed by atoms with Gasteiger partial charge in [0.2, 0.25) is 5.91 Å². The van der Waals surface area contributed by atoms with E-state index >= 15 is 0 Å². The van der Waals surface area contributed by atoms with E-state index in [1.54, 1.807) is 0 Å². The largest absolute Gasteiger partial charge is 0.399 e. The van der Waals surface area contributed by atoms with E-state index in [4.69, 9.17) is 5.73 Å². The van der Waals surface area contributed by atoms with Crippen LogP contribution in [-0.4, -0.2) is 25.0 Å². The molecule has 17 heavy (non-hydrogen) atoms. The topological polar surface area (TPSA) is 58.4 Å². The van der Waals surface area contributed by atoms with Crippen LogP contribution in [0.1, 0.15) is 20.8 Å². The summed E-state index contributed by atoms with van der Waals surface area (Å²) in [6, 6.07) is 7.75. The van der Waals surface area contributed by atoms with E-state index in [0.717, 1.165) is 12.2 Å². The molecule has 0 fully saturated rings. The molecular formula is C13H21N3O. The van der Waals surface area contributed by atoms with Crippen LogP contribution in [0.25, 0.3) is 0 Å². The van der Waals surface area contributed by atoms with Crippen molar-refractivity contribution in [3.63, 3.8) is 0 Å². The Morgan fingerprint density at radius 3 is 2.71 bits per heavy atom. The quantitative estimate of drug-likeness (QED) is 0.762. The minimum atomic E-state index is 0.0317. The van der Waals surface area contributed by atoms with E-state index in [9.17, 15) is 4.79 Å². The number of carbonyl (C=O) groups is 1. The highest BCUT2D eigenvalue weighted by Crippen LogP contribution is 2.16. The number of benzene rings is 1. The molecule has 3 N–H and O–H groups in total. The number of hydrogen-bond acceptors (Lipinski definition) is 3. The Balaban J connectivity index is 2.69. The van der Waals surface area contributed by atoms with Gasteiger partial charge in [-0.15, -0.1) is 0 Å². The van der Waals surface area contributed by atoms with Crippen LogP contribution < -0.4 is 16.0 Å². The SMILES string of the molecule is CCN(CC(=O)NC(C)C)c1cccc(N)c1. The molecule has 0 heterocycles. The zero-order valence-corrected chi connectivity index (χ0v) is 10.7. The van der Waals surface area contributed by atoms with E-state index in [2.05, 4.69) is 5.32 Å². The number of rotatable bonds is 5. The molecule has 1 aromatic carbocycles. The van der Waals surface area contributed by atoms with Gasteiger partial charge in [-0.3, -0.25) is 4.79 Å². The number of nitrogens with zero attached hydrogens (tertiary/aromatic N) is 1. The lowest BCUT2D eigenvalue weighted by molar-refractivity contribution is -0.120. The van der Waals surface area contributed by atoms with Gasteiger partial charge in [-0.25, -0.2) is 0 Å². The van der Waals surface area contributed by atoms with Gasteiger partial charge in [0.25, 0.3) is 0 Å². The summed E-state index contributed by atoms with van der Waals surface area (Å²) in [5.74, 6) is 0.0317. The normalized spacial score (nSPS) is 10.4. The van der Waals surface area contributed by atoms with Crippen molar-refractivity contribution >= 4 is 17.3 Å².